The number of hydrogen-bond donors (Lipinski definition) is 0. The fourth-order valence-corrected chi connectivity index (χ4v) is 8.02. The van der Waals surface area contributed by atoms with Gasteiger partial charge in [-0.2, -0.15) is 0 Å². The maximum Gasteiger partial charge on any atom is 0.346 e. The van der Waals surface area contributed by atoms with Gasteiger partial charge in [-0.3, -0.25) is 14.0 Å². The Labute approximate surface area is 163 Å². The fourth-order valence-electron chi connectivity index (χ4n) is 2.80. The van der Waals surface area contributed by atoms with Crippen LogP contribution >= 0.6 is 15.2 Å². The third-order valence-electron chi connectivity index (χ3n) is 3.95. The Morgan fingerprint density at radius 3 is 1.70 bits per heavy atom. The van der Waals surface area contributed by atoms with Gasteiger partial charge in [0.05, 0.1) is 39.6 Å². The molecule has 1 heterocycles. The van der Waals surface area contributed by atoms with Gasteiger partial charge in [-0.25, -0.2) is 0 Å². The van der Waals surface area contributed by atoms with Gasteiger partial charge in [0, 0.05) is 19.6 Å². The SMILES string of the molecule is CCOP(=O)(OCC)C(C/C=C/CN1CCOCC1)P(=O)(OCC)OCC. The molecule has 0 saturated carbocycles. The van der Waals surface area contributed by atoms with Gasteiger partial charge in [0.15, 0.2) is 5.40 Å². The van der Waals surface area contributed by atoms with E-state index in [2.05, 4.69) is 4.90 Å². The van der Waals surface area contributed by atoms with Crippen molar-refractivity contribution >= 4 is 15.2 Å². The summed E-state index contributed by atoms with van der Waals surface area (Å²) < 4.78 is 53.9. The van der Waals surface area contributed by atoms with Crippen LogP contribution in [0.2, 0.25) is 0 Å². The van der Waals surface area contributed by atoms with Gasteiger partial charge < -0.3 is 22.8 Å². The second kappa shape index (κ2) is 13.2. The van der Waals surface area contributed by atoms with Crippen LogP contribution in [0.1, 0.15) is 34.1 Å². The molecule has 8 nitrogen and oxygen atoms in total. The van der Waals surface area contributed by atoms with E-state index >= 15 is 0 Å². The molecule has 1 rings (SSSR count). The van der Waals surface area contributed by atoms with Crippen LogP contribution in [-0.2, 0) is 32.0 Å². The number of allylic oxidation sites excluding steroid dienone is 1. The van der Waals surface area contributed by atoms with Crippen molar-refractivity contribution in [1.29, 1.82) is 0 Å². The van der Waals surface area contributed by atoms with Crippen LogP contribution in [0.5, 0.6) is 0 Å². The summed E-state index contributed by atoms with van der Waals surface area (Å²) in [6.07, 6.45) is 4.05. The first-order valence-electron chi connectivity index (χ1n) is 9.68. The highest BCUT2D eigenvalue weighted by Gasteiger charge is 2.49. The van der Waals surface area contributed by atoms with E-state index < -0.39 is 20.6 Å². The van der Waals surface area contributed by atoms with Gasteiger partial charge in [0.25, 0.3) is 0 Å². The van der Waals surface area contributed by atoms with Gasteiger partial charge in [-0.15, -0.1) is 0 Å². The van der Waals surface area contributed by atoms with Crippen LogP contribution in [0, 0.1) is 0 Å². The molecule has 0 radical (unpaired) electrons. The maximum atomic E-state index is 13.4. The van der Waals surface area contributed by atoms with Gasteiger partial charge in [0.1, 0.15) is 0 Å². The normalized spacial score (nSPS) is 17.2. The lowest BCUT2D eigenvalue weighted by atomic mass is 10.3. The van der Waals surface area contributed by atoms with Gasteiger partial charge in [-0.05, 0) is 34.1 Å². The number of hydrogen-bond acceptors (Lipinski definition) is 8. The molecule has 1 saturated heterocycles. The zero-order valence-electron chi connectivity index (χ0n) is 17.0. The molecule has 0 aromatic carbocycles. The molecule has 27 heavy (non-hydrogen) atoms. The fraction of sp³-hybridized carbons (Fsp3) is 0.882. The molecular formula is C17H35NO7P2. The van der Waals surface area contributed by atoms with Crippen LogP contribution in [0.15, 0.2) is 12.2 Å². The first-order valence-corrected chi connectivity index (χ1v) is 12.9. The monoisotopic (exact) mass is 427 g/mol. The zero-order valence-corrected chi connectivity index (χ0v) is 18.8. The minimum atomic E-state index is -3.68. The third-order valence-corrected chi connectivity index (χ3v) is 10.00. The van der Waals surface area contributed by atoms with Gasteiger partial charge >= 0.3 is 15.2 Å². The summed E-state index contributed by atoms with van der Waals surface area (Å²) in [5.74, 6) is 0. The molecule has 0 spiro atoms. The number of ether oxygens (including phenoxy) is 1. The molecule has 0 N–H and O–H groups in total. The highest BCUT2D eigenvalue weighted by Crippen LogP contribution is 2.71. The van der Waals surface area contributed by atoms with Crippen molar-refractivity contribution in [3.8, 4) is 0 Å². The minimum Gasteiger partial charge on any atom is -0.379 e. The molecule has 10 heteroatoms. The lowest BCUT2D eigenvalue weighted by molar-refractivity contribution is 0.0434. The van der Waals surface area contributed by atoms with Crippen molar-refractivity contribution in [3.05, 3.63) is 12.2 Å². The molecule has 1 aliphatic heterocycles. The van der Waals surface area contributed by atoms with Crippen LogP contribution in [0.25, 0.3) is 0 Å². The Morgan fingerprint density at radius 1 is 0.852 bits per heavy atom. The third kappa shape index (κ3) is 8.08. The van der Waals surface area contributed by atoms with Crippen molar-refractivity contribution < 1.29 is 32.0 Å². The summed E-state index contributed by atoms with van der Waals surface area (Å²) in [5, 5.41) is -0.995. The summed E-state index contributed by atoms with van der Waals surface area (Å²) >= 11 is 0. The van der Waals surface area contributed by atoms with Crippen LogP contribution in [-0.4, -0.2) is 69.6 Å². The topological polar surface area (TPSA) is 83.5 Å². The Hall–Kier alpha value is -0.0400. The van der Waals surface area contributed by atoms with Crippen LogP contribution < -0.4 is 0 Å². The number of morpholine rings is 1. The molecule has 0 aromatic heterocycles. The number of nitrogens with zero attached hydrogens (tertiary/aromatic N) is 1. The predicted molar refractivity (Wildman–Crippen MR) is 107 cm³/mol. The van der Waals surface area contributed by atoms with E-state index in [-0.39, 0.29) is 32.8 Å². The van der Waals surface area contributed by atoms with Crippen molar-refractivity contribution in [2.24, 2.45) is 0 Å². The van der Waals surface area contributed by atoms with E-state index in [1.165, 1.54) is 0 Å². The first-order chi connectivity index (χ1) is 13.0. The van der Waals surface area contributed by atoms with Gasteiger partial charge in [-0.1, -0.05) is 12.2 Å². The Kier molecular flexibility index (Phi) is 12.3. The summed E-state index contributed by atoms with van der Waals surface area (Å²) in [6, 6.07) is 0. The van der Waals surface area contributed by atoms with E-state index in [9.17, 15) is 9.13 Å². The second-order valence-corrected chi connectivity index (χ2v) is 10.7. The standard InChI is InChI=1S/C17H35NO7P2/c1-5-22-26(19,23-6-2)17(27(20,24-7-3)25-8-4)11-9-10-12-18-13-15-21-16-14-18/h9-10,17H,5-8,11-16H2,1-4H3/b10-9+. The molecule has 0 aliphatic carbocycles. The smallest absolute Gasteiger partial charge is 0.346 e. The average Bonchev–Trinajstić information content (AvgIpc) is 2.63. The quantitative estimate of drug-likeness (QED) is 0.302. The summed E-state index contributed by atoms with van der Waals surface area (Å²) in [7, 11) is -7.36. The molecule has 1 fully saturated rings. The van der Waals surface area contributed by atoms with E-state index in [1.54, 1.807) is 27.7 Å². The molecule has 0 amide bonds. The molecule has 1 aliphatic rings. The van der Waals surface area contributed by atoms with E-state index in [0.29, 0.717) is 0 Å². The zero-order chi connectivity index (χ0) is 20.2. The van der Waals surface area contributed by atoms with E-state index in [1.807, 2.05) is 12.2 Å². The number of rotatable bonds is 14. The maximum absolute atomic E-state index is 13.4. The Bertz CT molecular complexity index is 473. The van der Waals surface area contributed by atoms with E-state index in [0.717, 1.165) is 32.8 Å². The predicted octanol–water partition coefficient (Wildman–Crippen LogP) is 4.12. The largest absolute Gasteiger partial charge is 0.379 e. The van der Waals surface area contributed by atoms with Crippen molar-refractivity contribution in [2.45, 2.75) is 39.5 Å². The highest BCUT2D eigenvalue weighted by atomic mass is 31.2. The first kappa shape index (κ1) is 25.0. The lowest BCUT2D eigenvalue weighted by Crippen LogP contribution is -2.36. The summed E-state index contributed by atoms with van der Waals surface area (Å²) in [4.78, 5) is 2.25. The van der Waals surface area contributed by atoms with Crippen molar-refractivity contribution in [3.63, 3.8) is 0 Å². The Balaban J connectivity index is 2.97. The molecule has 160 valence electrons. The van der Waals surface area contributed by atoms with E-state index in [4.69, 9.17) is 22.8 Å². The summed E-state index contributed by atoms with van der Waals surface area (Å²) in [5.41, 5.74) is 0. The summed E-state index contributed by atoms with van der Waals surface area (Å²) in [6.45, 7) is 11.6. The molecule has 0 atom stereocenters. The Morgan fingerprint density at radius 2 is 1.30 bits per heavy atom. The highest BCUT2D eigenvalue weighted by molar-refractivity contribution is 7.72. The lowest BCUT2D eigenvalue weighted by Gasteiger charge is -2.30. The van der Waals surface area contributed by atoms with Crippen molar-refractivity contribution in [1.82, 2.24) is 4.90 Å². The van der Waals surface area contributed by atoms with Gasteiger partial charge in [0.2, 0.25) is 0 Å². The average molecular weight is 427 g/mol. The molecular weight excluding hydrogens is 392 g/mol. The molecule has 0 unspecified atom stereocenters. The molecule has 0 bridgehead atoms. The van der Waals surface area contributed by atoms with Crippen LogP contribution in [0.3, 0.4) is 0 Å². The van der Waals surface area contributed by atoms with Crippen molar-refractivity contribution in [2.75, 3.05) is 59.3 Å². The van der Waals surface area contributed by atoms with Crippen LogP contribution in [0.4, 0.5) is 0 Å². The minimum absolute atomic E-state index is 0.184. The second-order valence-electron chi connectivity index (χ2n) is 5.85. The molecule has 0 aromatic rings.